The smallest absolute Gasteiger partial charge is 0.233 e. The number of allylic oxidation sites excluding steroid dienone is 3. The molecule has 0 radical (unpaired) electrons. The molecule has 1 aromatic heterocycles. The summed E-state index contributed by atoms with van der Waals surface area (Å²) in [5.74, 6) is 0. The van der Waals surface area contributed by atoms with Gasteiger partial charge in [0.2, 0.25) is 6.33 Å². The monoisotopic (exact) mass is 189 g/mol. The minimum Gasteiger partial charge on any atom is -0.233 e. The van der Waals surface area contributed by atoms with Crippen LogP contribution in [0.2, 0.25) is 0 Å². The molecule has 1 aromatic rings. The first kappa shape index (κ1) is 10.5. The summed E-state index contributed by atoms with van der Waals surface area (Å²) in [7, 11) is 0. The zero-order valence-corrected chi connectivity index (χ0v) is 8.52. The molecule has 0 saturated heterocycles. The largest absolute Gasteiger partial charge is 0.244 e. The van der Waals surface area contributed by atoms with Crippen molar-refractivity contribution < 1.29 is 4.57 Å². The van der Waals surface area contributed by atoms with Gasteiger partial charge in [0, 0.05) is 6.42 Å². The molecule has 0 N–H and O–H groups in total. The molecular formula is C12H17N2+. The van der Waals surface area contributed by atoms with E-state index in [1.807, 2.05) is 18.2 Å². The van der Waals surface area contributed by atoms with Crippen LogP contribution >= 0.6 is 0 Å². The number of hydrogen-bond acceptors (Lipinski definition) is 0. The molecule has 0 bridgehead atoms. The van der Waals surface area contributed by atoms with Gasteiger partial charge in [-0.2, -0.15) is 0 Å². The first-order valence-corrected chi connectivity index (χ1v) is 4.72. The Morgan fingerprint density at radius 1 is 1.21 bits per heavy atom. The Morgan fingerprint density at radius 2 is 2.00 bits per heavy atom. The van der Waals surface area contributed by atoms with Gasteiger partial charge >= 0.3 is 0 Å². The predicted molar refractivity (Wildman–Crippen MR) is 58.9 cm³/mol. The van der Waals surface area contributed by atoms with Gasteiger partial charge in [-0.05, 0) is 0 Å². The average molecular weight is 189 g/mol. The second-order valence-electron chi connectivity index (χ2n) is 3.16. The lowest BCUT2D eigenvalue weighted by Crippen LogP contribution is -2.29. The quantitative estimate of drug-likeness (QED) is 0.477. The molecule has 0 aromatic carbocycles. The van der Waals surface area contributed by atoms with Crippen molar-refractivity contribution in [2.75, 3.05) is 0 Å². The molecule has 0 unspecified atom stereocenters. The van der Waals surface area contributed by atoms with Crippen LogP contribution in [-0.4, -0.2) is 4.57 Å². The molecular weight excluding hydrogens is 172 g/mol. The van der Waals surface area contributed by atoms with Crippen molar-refractivity contribution in [2.45, 2.75) is 19.5 Å². The molecule has 0 aliphatic rings. The highest BCUT2D eigenvalue weighted by atomic mass is 15.1. The lowest BCUT2D eigenvalue weighted by molar-refractivity contribution is -0.686. The van der Waals surface area contributed by atoms with Crippen molar-refractivity contribution in [2.24, 2.45) is 0 Å². The fourth-order valence-electron chi connectivity index (χ4n) is 1.42. The van der Waals surface area contributed by atoms with E-state index in [0.29, 0.717) is 0 Å². The third-order valence-electron chi connectivity index (χ3n) is 1.99. The topological polar surface area (TPSA) is 8.81 Å². The van der Waals surface area contributed by atoms with Crippen molar-refractivity contribution in [3.8, 4) is 0 Å². The van der Waals surface area contributed by atoms with E-state index in [4.69, 9.17) is 0 Å². The van der Waals surface area contributed by atoms with Gasteiger partial charge in [0.25, 0.3) is 0 Å². The van der Waals surface area contributed by atoms with Crippen LogP contribution in [0.5, 0.6) is 0 Å². The van der Waals surface area contributed by atoms with Crippen molar-refractivity contribution in [1.29, 1.82) is 0 Å². The van der Waals surface area contributed by atoms with Gasteiger partial charge in [0.15, 0.2) is 0 Å². The summed E-state index contributed by atoms with van der Waals surface area (Å²) in [5, 5.41) is 0. The lowest BCUT2D eigenvalue weighted by Gasteiger charge is -1.92. The summed E-state index contributed by atoms with van der Waals surface area (Å²) in [6.07, 6.45) is 10.8. The van der Waals surface area contributed by atoms with E-state index in [-0.39, 0.29) is 0 Å². The van der Waals surface area contributed by atoms with Crippen LogP contribution < -0.4 is 4.57 Å². The molecule has 2 heteroatoms. The highest BCUT2D eigenvalue weighted by Gasteiger charge is 2.09. The van der Waals surface area contributed by atoms with Gasteiger partial charge in [0.1, 0.15) is 25.0 Å². The van der Waals surface area contributed by atoms with Crippen molar-refractivity contribution in [1.82, 2.24) is 4.57 Å². The van der Waals surface area contributed by atoms with Crippen LogP contribution in [-0.2, 0) is 19.5 Å². The molecule has 0 fully saturated rings. The lowest BCUT2D eigenvalue weighted by atomic mass is 10.3. The summed E-state index contributed by atoms with van der Waals surface area (Å²) >= 11 is 0. The standard InChI is InChI=1S/C12H17N2/c1-4-7-12-10-13(8-5-2)11-14(12)9-6-3/h4-6,10-11H,1-3,7-9H2/q+1. The second-order valence-corrected chi connectivity index (χ2v) is 3.16. The van der Waals surface area contributed by atoms with E-state index in [1.54, 1.807) is 0 Å². The minimum absolute atomic E-state index is 0.841. The number of rotatable bonds is 6. The fraction of sp³-hybridized carbons (Fsp3) is 0.250. The molecule has 0 saturated carbocycles. The van der Waals surface area contributed by atoms with Crippen LogP contribution in [0.4, 0.5) is 0 Å². The van der Waals surface area contributed by atoms with E-state index in [0.717, 1.165) is 19.5 Å². The van der Waals surface area contributed by atoms with E-state index in [9.17, 15) is 0 Å². The molecule has 74 valence electrons. The zero-order valence-electron chi connectivity index (χ0n) is 8.52. The van der Waals surface area contributed by atoms with Gasteiger partial charge in [-0.1, -0.05) is 31.4 Å². The van der Waals surface area contributed by atoms with Crippen LogP contribution in [0.1, 0.15) is 5.69 Å². The highest BCUT2D eigenvalue weighted by Crippen LogP contribution is 2.00. The minimum atomic E-state index is 0.841. The molecule has 2 nitrogen and oxygen atoms in total. The maximum absolute atomic E-state index is 3.74. The van der Waals surface area contributed by atoms with Gasteiger partial charge in [-0.15, -0.1) is 6.58 Å². The van der Waals surface area contributed by atoms with Crippen LogP contribution in [0.25, 0.3) is 0 Å². The fourth-order valence-corrected chi connectivity index (χ4v) is 1.42. The van der Waals surface area contributed by atoms with Crippen LogP contribution in [0.3, 0.4) is 0 Å². The third kappa shape index (κ3) is 2.46. The Kier molecular flexibility index (Phi) is 3.92. The predicted octanol–water partition coefficient (Wildman–Crippen LogP) is 1.88. The molecule has 0 aliphatic carbocycles. The van der Waals surface area contributed by atoms with Crippen molar-refractivity contribution in [3.63, 3.8) is 0 Å². The zero-order chi connectivity index (χ0) is 10.4. The van der Waals surface area contributed by atoms with Crippen LogP contribution in [0, 0.1) is 0 Å². The normalized spacial score (nSPS) is 9.71. The number of nitrogens with zero attached hydrogens (tertiary/aromatic N) is 2. The molecule has 14 heavy (non-hydrogen) atoms. The van der Waals surface area contributed by atoms with Crippen molar-refractivity contribution >= 4 is 0 Å². The maximum atomic E-state index is 3.74. The first-order valence-electron chi connectivity index (χ1n) is 4.72. The van der Waals surface area contributed by atoms with Gasteiger partial charge in [-0.3, -0.25) is 0 Å². The number of hydrogen-bond donors (Lipinski definition) is 0. The van der Waals surface area contributed by atoms with Crippen LogP contribution in [0.15, 0.2) is 50.5 Å². The van der Waals surface area contributed by atoms with E-state index < -0.39 is 0 Å². The summed E-state index contributed by atoms with van der Waals surface area (Å²) in [5.41, 5.74) is 1.25. The maximum Gasteiger partial charge on any atom is 0.244 e. The molecule has 0 spiro atoms. The molecule has 0 amide bonds. The van der Waals surface area contributed by atoms with Gasteiger partial charge < -0.3 is 0 Å². The summed E-state index contributed by atoms with van der Waals surface area (Å²) in [6.45, 7) is 12.9. The Balaban J connectivity index is 2.91. The summed E-state index contributed by atoms with van der Waals surface area (Å²) in [6, 6.07) is 0. The summed E-state index contributed by atoms with van der Waals surface area (Å²) in [4.78, 5) is 0. The molecule has 1 heterocycles. The number of imidazole rings is 1. The SMILES string of the molecule is C=CCc1c[n+](CC=C)cn1CC=C. The molecule has 1 rings (SSSR count). The van der Waals surface area contributed by atoms with Gasteiger partial charge in [-0.25, -0.2) is 9.13 Å². The van der Waals surface area contributed by atoms with E-state index in [2.05, 4.69) is 41.4 Å². The van der Waals surface area contributed by atoms with Gasteiger partial charge in [0.05, 0.1) is 0 Å². The van der Waals surface area contributed by atoms with Crippen molar-refractivity contribution in [3.05, 3.63) is 56.2 Å². The first-order chi connectivity index (χ1) is 6.81. The molecule has 0 aliphatic heterocycles. The second kappa shape index (κ2) is 5.22. The average Bonchev–Trinajstić information content (AvgIpc) is 2.50. The Morgan fingerprint density at radius 3 is 2.57 bits per heavy atom. The third-order valence-corrected chi connectivity index (χ3v) is 1.99. The molecule has 0 atom stereocenters. The Labute approximate surface area is 85.5 Å². The van der Waals surface area contributed by atoms with E-state index in [1.165, 1.54) is 5.69 Å². The summed E-state index contributed by atoms with van der Waals surface area (Å²) < 4.78 is 4.27. The highest BCUT2D eigenvalue weighted by molar-refractivity contribution is 5.00. The Hall–Kier alpha value is -1.57. The van der Waals surface area contributed by atoms with E-state index >= 15 is 0 Å². The Bertz CT molecular complexity index is 307. The number of aromatic nitrogens is 2.